The van der Waals surface area contributed by atoms with Crippen molar-refractivity contribution in [2.45, 2.75) is 30.8 Å². The summed E-state index contributed by atoms with van der Waals surface area (Å²) in [5.74, 6) is 1.46. The quantitative estimate of drug-likeness (QED) is 0.727. The molecule has 6 heteroatoms. The number of nitrogens with one attached hydrogen (secondary N) is 1. The first-order valence-electron chi connectivity index (χ1n) is 8.50. The highest BCUT2D eigenvalue weighted by molar-refractivity contribution is 7.99. The van der Waals surface area contributed by atoms with Gasteiger partial charge in [0.15, 0.2) is 0 Å². The first kappa shape index (κ1) is 16.1. The van der Waals surface area contributed by atoms with Gasteiger partial charge in [-0.15, -0.1) is 0 Å². The van der Waals surface area contributed by atoms with Crippen LogP contribution in [0.15, 0.2) is 47.6 Å². The third kappa shape index (κ3) is 3.39. The maximum Gasteiger partial charge on any atom is 0.233 e. The van der Waals surface area contributed by atoms with E-state index in [1.165, 1.54) is 17.3 Å². The minimum absolute atomic E-state index is 0.0459. The molecule has 2 aromatic heterocycles. The fourth-order valence-electron chi connectivity index (χ4n) is 3.30. The average Bonchev–Trinajstić information content (AvgIpc) is 3.26. The van der Waals surface area contributed by atoms with Crippen molar-refractivity contribution in [3.63, 3.8) is 0 Å². The fraction of sp³-hybridized carbons (Fsp3) is 0.316. The molecule has 25 heavy (non-hydrogen) atoms. The van der Waals surface area contributed by atoms with E-state index in [-0.39, 0.29) is 11.9 Å². The molecule has 1 aliphatic heterocycles. The lowest BCUT2D eigenvalue weighted by Crippen LogP contribution is -2.32. The number of likely N-dealkylation sites (tertiary alicyclic amines) is 1. The summed E-state index contributed by atoms with van der Waals surface area (Å²) in [4.78, 5) is 27.1. The number of imidazole rings is 1. The molecule has 0 saturated carbocycles. The Bertz CT molecular complexity index is 893. The Morgan fingerprint density at radius 3 is 3.12 bits per heavy atom. The molecule has 1 saturated heterocycles. The molecule has 1 fully saturated rings. The van der Waals surface area contributed by atoms with Crippen LogP contribution in [0, 0.1) is 6.92 Å². The Morgan fingerprint density at radius 1 is 1.36 bits per heavy atom. The van der Waals surface area contributed by atoms with Crippen molar-refractivity contribution in [2.24, 2.45) is 0 Å². The number of thioether (sulfide) groups is 1. The molecule has 1 aliphatic rings. The Morgan fingerprint density at radius 2 is 2.28 bits per heavy atom. The van der Waals surface area contributed by atoms with Gasteiger partial charge in [0.05, 0.1) is 27.9 Å². The Kier molecular flexibility index (Phi) is 4.44. The van der Waals surface area contributed by atoms with Gasteiger partial charge in [-0.3, -0.25) is 4.79 Å². The van der Waals surface area contributed by atoms with Gasteiger partial charge in [-0.1, -0.05) is 23.9 Å². The first-order chi connectivity index (χ1) is 12.2. The van der Waals surface area contributed by atoms with E-state index in [2.05, 4.69) is 29.0 Å². The lowest BCUT2D eigenvalue weighted by Gasteiger charge is -2.23. The zero-order valence-corrected chi connectivity index (χ0v) is 14.9. The van der Waals surface area contributed by atoms with Crippen LogP contribution in [0.5, 0.6) is 0 Å². The zero-order valence-electron chi connectivity index (χ0n) is 14.1. The van der Waals surface area contributed by atoms with Crippen LogP contribution in [0.3, 0.4) is 0 Å². The zero-order chi connectivity index (χ0) is 17.2. The molecule has 1 unspecified atom stereocenters. The van der Waals surface area contributed by atoms with Crippen LogP contribution in [0.1, 0.15) is 30.3 Å². The molecule has 4 rings (SSSR count). The number of pyridine rings is 1. The predicted molar refractivity (Wildman–Crippen MR) is 99.5 cm³/mol. The maximum absolute atomic E-state index is 12.7. The second kappa shape index (κ2) is 6.88. The summed E-state index contributed by atoms with van der Waals surface area (Å²) >= 11 is 1.49. The van der Waals surface area contributed by atoms with Gasteiger partial charge in [0, 0.05) is 12.7 Å². The van der Waals surface area contributed by atoms with Gasteiger partial charge in [0.2, 0.25) is 5.91 Å². The summed E-state index contributed by atoms with van der Waals surface area (Å²) < 4.78 is 0. The predicted octanol–water partition coefficient (Wildman–Crippen LogP) is 3.72. The summed E-state index contributed by atoms with van der Waals surface area (Å²) in [6.45, 7) is 2.86. The standard InChI is InChI=1S/C19H20N4OS/c1-13-7-8-14-15(11-13)22-19(21-14)16-5-4-10-23(16)18(24)12-25-17-6-2-3-9-20-17/h2-3,6-9,11,16H,4-5,10,12H2,1H3,(H,21,22). The van der Waals surface area contributed by atoms with E-state index >= 15 is 0 Å². The molecule has 1 atom stereocenters. The Labute approximate surface area is 150 Å². The molecule has 1 aromatic carbocycles. The first-order valence-corrected chi connectivity index (χ1v) is 9.49. The number of rotatable bonds is 4. The third-order valence-corrected chi connectivity index (χ3v) is 5.45. The largest absolute Gasteiger partial charge is 0.340 e. The Balaban J connectivity index is 1.50. The second-order valence-electron chi connectivity index (χ2n) is 6.34. The van der Waals surface area contributed by atoms with Gasteiger partial charge in [0.25, 0.3) is 0 Å². The molecule has 3 heterocycles. The second-order valence-corrected chi connectivity index (χ2v) is 7.34. The fourth-order valence-corrected chi connectivity index (χ4v) is 4.05. The summed E-state index contributed by atoms with van der Waals surface area (Å²) in [5, 5.41) is 0.880. The SMILES string of the molecule is Cc1ccc2nc(C3CCCN3C(=O)CSc3ccccn3)[nH]c2c1. The maximum atomic E-state index is 12.7. The van der Waals surface area contributed by atoms with Crippen molar-refractivity contribution >= 4 is 28.7 Å². The molecule has 1 N–H and O–H groups in total. The molecule has 3 aromatic rings. The summed E-state index contributed by atoms with van der Waals surface area (Å²) in [6.07, 6.45) is 3.72. The third-order valence-electron chi connectivity index (χ3n) is 4.53. The van der Waals surface area contributed by atoms with Crippen LogP contribution >= 0.6 is 11.8 Å². The molecule has 1 amide bonds. The number of amides is 1. The van der Waals surface area contributed by atoms with E-state index in [1.807, 2.05) is 29.2 Å². The number of nitrogens with zero attached hydrogens (tertiary/aromatic N) is 3. The van der Waals surface area contributed by atoms with Crippen molar-refractivity contribution in [1.82, 2.24) is 19.9 Å². The molecular formula is C19H20N4OS. The number of hydrogen-bond acceptors (Lipinski definition) is 4. The molecule has 0 bridgehead atoms. The van der Waals surface area contributed by atoms with E-state index in [0.29, 0.717) is 5.75 Å². The number of carbonyl (C=O) groups is 1. The Hall–Kier alpha value is -2.34. The van der Waals surface area contributed by atoms with Gasteiger partial charge in [-0.05, 0) is 49.6 Å². The minimum Gasteiger partial charge on any atom is -0.340 e. The number of aromatic amines is 1. The topological polar surface area (TPSA) is 61.9 Å². The highest BCUT2D eigenvalue weighted by Crippen LogP contribution is 2.32. The lowest BCUT2D eigenvalue weighted by atomic mass is 10.2. The van der Waals surface area contributed by atoms with Crippen molar-refractivity contribution < 1.29 is 4.79 Å². The highest BCUT2D eigenvalue weighted by Gasteiger charge is 2.32. The van der Waals surface area contributed by atoms with Crippen LogP contribution < -0.4 is 0 Å². The van der Waals surface area contributed by atoms with Gasteiger partial charge < -0.3 is 9.88 Å². The number of aryl methyl sites for hydroxylation is 1. The van der Waals surface area contributed by atoms with Crippen LogP contribution in [-0.4, -0.2) is 38.1 Å². The molecule has 0 spiro atoms. The molecule has 0 aliphatic carbocycles. The van der Waals surface area contributed by atoms with E-state index in [1.54, 1.807) is 6.20 Å². The number of hydrogen-bond donors (Lipinski definition) is 1. The summed E-state index contributed by atoms with van der Waals surface area (Å²) in [5.41, 5.74) is 3.20. The molecule has 0 radical (unpaired) electrons. The number of H-pyrrole nitrogens is 1. The van der Waals surface area contributed by atoms with Crippen molar-refractivity contribution in [3.8, 4) is 0 Å². The number of benzene rings is 1. The van der Waals surface area contributed by atoms with E-state index in [9.17, 15) is 4.79 Å². The highest BCUT2D eigenvalue weighted by atomic mass is 32.2. The van der Waals surface area contributed by atoms with Crippen LogP contribution in [0.25, 0.3) is 11.0 Å². The van der Waals surface area contributed by atoms with Crippen LogP contribution in [-0.2, 0) is 4.79 Å². The smallest absolute Gasteiger partial charge is 0.233 e. The lowest BCUT2D eigenvalue weighted by molar-refractivity contribution is -0.129. The average molecular weight is 352 g/mol. The van der Waals surface area contributed by atoms with Gasteiger partial charge >= 0.3 is 0 Å². The van der Waals surface area contributed by atoms with Crippen LogP contribution in [0.4, 0.5) is 0 Å². The van der Waals surface area contributed by atoms with Gasteiger partial charge in [-0.2, -0.15) is 0 Å². The van der Waals surface area contributed by atoms with Crippen molar-refractivity contribution in [3.05, 3.63) is 54.0 Å². The summed E-state index contributed by atoms with van der Waals surface area (Å²) in [7, 11) is 0. The molecule has 128 valence electrons. The minimum atomic E-state index is 0.0459. The number of aromatic nitrogens is 3. The van der Waals surface area contributed by atoms with E-state index in [0.717, 1.165) is 41.3 Å². The molecular weight excluding hydrogens is 332 g/mol. The normalized spacial score (nSPS) is 17.3. The van der Waals surface area contributed by atoms with Gasteiger partial charge in [0.1, 0.15) is 5.82 Å². The van der Waals surface area contributed by atoms with Crippen molar-refractivity contribution in [2.75, 3.05) is 12.3 Å². The van der Waals surface area contributed by atoms with Gasteiger partial charge in [-0.25, -0.2) is 9.97 Å². The van der Waals surface area contributed by atoms with E-state index in [4.69, 9.17) is 4.98 Å². The monoisotopic (exact) mass is 352 g/mol. The number of fused-ring (bicyclic) bond motifs is 1. The van der Waals surface area contributed by atoms with E-state index < -0.39 is 0 Å². The van der Waals surface area contributed by atoms with Crippen LogP contribution in [0.2, 0.25) is 0 Å². The van der Waals surface area contributed by atoms with Crippen molar-refractivity contribution in [1.29, 1.82) is 0 Å². The number of carbonyl (C=O) groups excluding carboxylic acids is 1. The summed E-state index contributed by atoms with van der Waals surface area (Å²) in [6, 6.07) is 12.0. The molecule has 5 nitrogen and oxygen atoms in total.